The first-order valence-corrected chi connectivity index (χ1v) is 7.65. The molecule has 22 heavy (non-hydrogen) atoms. The first-order valence-electron chi connectivity index (χ1n) is 6.67. The summed E-state index contributed by atoms with van der Waals surface area (Å²) in [7, 11) is 0. The summed E-state index contributed by atoms with van der Waals surface area (Å²) in [6.45, 7) is 6.47. The molecule has 118 valence electrons. The molecule has 1 heterocycles. The molecular formula is C13H17N5O3S. The summed E-state index contributed by atoms with van der Waals surface area (Å²) in [5.41, 5.74) is -0.172. The molecule has 0 saturated heterocycles. The molecular weight excluding hydrogens is 306 g/mol. The molecule has 0 amide bonds. The fraction of sp³-hybridized carbons (Fsp3) is 0.462. The first kappa shape index (κ1) is 16.2. The molecule has 0 fully saturated rings. The quantitative estimate of drug-likeness (QED) is 0.349. The van der Waals surface area contributed by atoms with Crippen molar-refractivity contribution in [2.24, 2.45) is 0 Å². The molecule has 0 saturated carbocycles. The number of nitrogens with zero attached hydrogens (tertiary/aromatic N) is 5. The van der Waals surface area contributed by atoms with E-state index < -0.39 is 4.92 Å². The second-order valence-corrected chi connectivity index (χ2v) is 6.56. The number of benzene rings is 1. The summed E-state index contributed by atoms with van der Waals surface area (Å²) < 4.78 is 7.27. The highest BCUT2D eigenvalue weighted by Gasteiger charge is 2.19. The number of nitro groups is 1. The molecule has 9 heteroatoms. The predicted molar refractivity (Wildman–Crippen MR) is 82.1 cm³/mol. The van der Waals surface area contributed by atoms with E-state index in [-0.39, 0.29) is 11.2 Å². The number of hydrogen-bond donors (Lipinski definition) is 0. The summed E-state index contributed by atoms with van der Waals surface area (Å²) in [5.74, 6) is 1.12. The van der Waals surface area contributed by atoms with Crippen molar-refractivity contribution in [3.63, 3.8) is 0 Å². The van der Waals surface area contributed by atoms with E-state index in [4.69, 9.17) is 4.74 Å². The summed E-state index contributed by atoms with van der Waals surface area (Å²) in [4.78, 5) is 10.2. The summed E-state index contributed by atoms with van der Waals surface area (Å²) >= 11 is 1.48. The van der Waals surface area contributed by atoms with Gasteiger partial charge < -0.3 is 4.74 Å². The van der Waals surface area contributed by atoms with Crippen LogP contribution >= 0.6 is 11.8 Å². The summed E-state index contributed by atoms with van der Waals surface area (Å²) in [6.07, 6.45) is 0. The van der Waals surface area contributed by atoms with Crippen LogP contribution in [0.15, 0.2) is 29.4 Å². The lowest BCUT2D eigenvalue weighted by atomic mass is 10.1. The van der Waals surface area contributed by atoms with Gasteiger partial charge in [0, 0.05) is 11.8 Å². The van der Waals surface area contributed by atoms with Crippen LogP contribution in [-0.4, -0.2) is 37.5 Å². The average Bonchev–Trinajstić information content (AvgIpc) is 2.92. The number of non-ortho nitro benzene ring substituents is 1. The van der Waals surface area contributed by atoms with Crippen LogP contribution in [0, 0.1) is 10.1 Å². The highest BCUT2D eigenvalue weighted by atomic mass is 32.2. The average molecular weight is 323 g/mol. The molecule has 1 aromatic heterocycles. The van der Waals surface area contributed by atoms with Crippen molar-refractivity contribution in [1.29, 1.82) is 0 Å². The molecule has 2 aromatic rings. The zero-order valence-corrected chi connectivity index (χ0v) is 13.4. The van der Waals surface area contributed by atoms with E-state index in [0.717, 1.165) is 5.16 Å². The molecule has 0 bridgehead atoms. The Labute approximate surface area is 132 Å². The van der Waals surface area contributed by atoms with E-state index in [1.165, 1.54) is 23.9 Å². The number of aromatic nitrogens is 4. The minimum absolute atomic E-state index is 0.0156. The minimum atomic E-state index is -0.445. The Balaban J connectivity index is 1.87. The fourth-order valence-electron chi connectivity index (χ4n) is 1.67. The Morgan fingerprint density at radius 3 is 2.86 bits per heavy atom. The van der Waals surface area contributed by atoms with E-state index >= 15 is 0 Å². The number of rotatable bonds is 6. The van der Waals surface area contributed by atoms with Crippen molar-refractivity contribution in [1.82, 2.24) is 20.2 Å². The lowest BCUT2D eigenvalue weighted by Crippen LogP contribution is -2.24. The highest BCUT2D eigenvalue weighted by Crippen LogP contribution is 2.22. The van der Waals surface area contributed by atoms with Crippen LogP contribution in [0.3, 0.4) is 0 Å². The third kappa shape index (κ3) is 4.17. The Morgan fingerprint density at radius 2 is 2.18 bits per heavy atom. The number of ether oxygens (including phenoxy) is 1. The minimum Gasteiger partial charge on any atom is -0.492 e. The zero-order chi connectivity index (χ0) is 16.2. The van der Waals surface area contributed by atoms with Gasteiger partial charge in [-0.25, -0.2) is 4.68 Å². The van der Waals surface area contributed by atoms with Gasteiger partial charge in [0.05, 0.1) is 23.1 Å². The molecule has 2 rings (SSSR count). The van der Waals surface area contributed by atoms with Crippen LogP contribution in [-0.2, 0) is 5.54 Å². The maximum atomic E-state index is 10.7. The van der Waals surface area contributed by atoms with Gasteiger partial charge in [0.1, 0.15) is 5.75 Å². The standard InChI is InChI=1S/C13H17N5O3S/c1-13(2,3)17-12(14-15-16-17)22-8-7-21-11-6-4-5-10(9-11)18(19)20/h4-6,9H,7-8H2,1-3H3. The molecule has 0 aliphatic carbocycles. The van der Waals surface area contributed by atoms with Crippen LogP contribution in [0.25, 0.3) is 0 Å². The molecule has 0 N–H and O–H groups in total. The first-order chi connectivity index (χ1) is 10.4. The van der Waals surface area contributed by atoms with E-state index in [1.807, 2.05) is 20.8 Å². The number of tetrazole rings is 1. The van der Waals surface area contributed by atoms with E-state index in [2.05, 4.69) is 15.5 Å². The molecule has 0 atom stereocenters. The van der Waals surface area contributed by atoms with E-state index in [1.54, 1.807) is 16.8 Å². The van der Waals surface area contributed by atoms with Crippen molar-refractivity contribution in [3.8, 4) is 5.75 Å². The molecule has 0 spiro atoms. The van der Waals surface area contributed by atoms with Crippen molar-refractivity contribution < 1.29 is 9.66 Å². The maximum absolute atomic E-state index is 10.7. The summed E-state index contributed by atoms with van der Waals surface area (Å²) in [6, 6.07) is 6.13. The van der Waals surface area contributed by atoms with Gasteiger partial charge in [-0.2, -0.15) is 0 Å². The van der Waals surface area contributed by atoms with Gasteiger partial charge in [-0.15, -0.1) is 5.10 Å². The highest BCUT2D eigenvalue weighted by molar-refractivity contribution is 7.99. The third-order valence-electron chi connectivity index (χ3n) is 2.69. The maximum Gasteiger partial charge on any atom is 0.273 e. The van der Waals surface area contributed by atoms with Crippen molar-refractivity contribution in [2.45, 2.75) is 31.5 Å². The van der Waals surface area contributed by atoms with Crippen molar-refractivity contribution in [3.05, 3.63) is 34.4 Å². The Morgan fingerprint density at radius 1 is 1.41 bits per heavy atom. The van der Waals surface area contributed by atoms with E-state index in [0.29, 0.717) is 18.1 Å². The Hall–Kier alpha value is -2.16. The summed E-state index contributed by atoms with van der Waals surface area (Å²) in [5, 5.41) is 23.1. The van der Waals surface area contributed by atoms with Crippen LogP contribution < -0.4 is 4.74 Å². The molecule has 0 radical (unpaired) electrons. The van der Waals surface area contributed by atoms with Gasteiger partial charge >= 0.3 is 0 Å². The lowest BCUT2D eigenvalue weighted by Gasteiger charge is -2.19. The number of nitro benzene ring substituents is 1. The van der Waals surface area contributed by atoms with Crippen molar-refractivity contribution in [2.75, 3.05) is 12.4 Å². The van der Waals surface area contributed by atoms with Gasteiger partial charge in [-0.3, -0.25) is 10.1 Å². The van der Waals surface area contributed by atoms with Gasteiger partial charge in [0.15, 0.2) is 0 Å². The second-order valence-electron chi connectivity index (χ2n) is 5.50. The zero-order valence-electron chi connectivity index (χ0n) is 12.6. The Bertz CT molecular complexity index is 653. The van der Waals surface area contributed by atoms with Gasteiger partial charge in [0.25, 0.3) is 5.69 Å². The van der Waals surface area contributed by atoms with Gasteiger partial charge in [-0.1, -0.05) is 17.8 Å². The molecule has 0 aliphatic rings. The van der Waals surface area contributed by atoms with Gasteiger partial charge in [0.2, 0.25) is 5.16 Å². The van der Waals surface area contributed by atoms with Gasteiger partial charge in [-0.05, 0) is 37.3 Å². The fourth-order valence-corrected chi connectivity index (χ4v) is 2.55. The largest absolute Gasteiger partial charge is 0.492 e. The third-order valence-corrected chi connectivity index (χ3v) is 3.57. The normalized spacial score (nSPS) is 11.4. The number of hydrogen-bond acceptors (Lipinski definition) is 7. The predicted octanol–water partition coefficient (Wildman–Crippen LogP) is 2.51. The Kier molecular flexibility index (Phi) is 4.96. The molecule has 8 nitrogen and oxygen atoms in total. The molecule has 0 unspecified atom stereocenters. The second kappa shape index (κ2) is 6.73. The topological polar surface area (TPSA) is 96.0 Å². The van der Waals surface area contributed by atoms with Crippen LogP contribution in [0.1, 0.15) is 20.8 Å². The van der Waals surface area contributed by atoms with Crippen molar-refractivity contribution >= 4 is 17.4 Å². The monoisotopic (exact) mass is 323 g/mol. The van der Waals surface area contributed by atoms with Crippen LogP contribution in [0.2, 0.25) is 0 Å². The van der Waals surface area contributed by atoms with Crippen LogP contribution in [0.4, 0.5) is 5.69 Å². The smallest absolute Gasteiger partial charge is 0.273 e. The van der Waals surface area contributed by atoms with E-state index in [9.17, 15) is 10.1 Å². The van der Waals surface area contributed by atoms with Crippen LogP contribution in [0.5, 0.6) is 5.75 Å². The number of thioether (sulfide) groups is 1. The molecule has 0 aliphatic heterocycles. The lowest BCUT2D eigenvalue weighted by molar-refractivity contribution is -0.384. The molecule has 1 aromatic carbocycles. The SMILES string of the molecule is CC(C)(C)n1nnnc1SCCOc1cccc([N+](=O)[O-])c1.